The topological polar surface area (TPSA) is 17.1 Å². The van der Waals surface area contributed by atoms with Crippen molar-refractivity contribution in [1.82, 2.24) is 0 Å². The van der Waals surface area contributed by atoms with Crippen molar-refractivity contribution >= 4 is 27.2 Å². The molecule has 0 spiro atoms. The van der Waals surface area contributed by atoms with E-state index in [1.807, 2.05) is 55.6 Å². The fourth-order valence-corrected chi connectivity index (χ4v) is 3.40. The first-order chi connectivity index (χ1) is 9.18. The van der Waals surface area contributed by atoms with E-state index in [0.717, 1.165) is 32.3 Å². The maximum atomic E-state index is 12.8. The lowest BCUT2D eigenvalue weighted by atomic mass is 9.95. The lowest BCUT2D eigenvalue weighted by molar-refractivity contribution is 0.103. The van der Waals surface area contributed by atoms with Crippen molar-refractivity contribution in [3.05, 3.63) is 70.1 Å². The Kier molecular flexibility index (Phi) is 2.96. The molecule has 0 unspecified atom stereocenters. The molecule has 0 saturated carbocycles. The van der Waals surface area contributed by atoms with Gasteiger partial charge in [0.15, 0.2) is 5.78 Å². The second-order valence-corrected chi connectivity index (χ2v) is 5.65. The Morgan fingerprint density at radius 1 is 0.947 bits per heavy atom. The van der Waals surface area contributed by atoms with Gasteiger partial charge >= 0.3 is 0 Å². The Balaban J connectivity index is 2.20. The van der Waals surface area contributed by atoms with E-state index in [9.17, 15) is 4.79 Å². The summed E-state index contributed by atoms with van der Waals surface area (Å²) in [5.41, 5.74) is 3.74. The Hall–Kier alpha value is -1.93. The van der Waals surface area contributed by atoms with Crippen molar-refractivity contribution in [1.29, 1.82) is 0 Å². The predicted octanol–water partition coefficient (Wildman–Crippen LogP) is 4.75. The van der Waals surface area contributed by atoms with Crippen LogP contribution in [0.5, 0.6) is 0 Å². The van der Waals surface area contributed by atoms with E-state index in [4.69, 9.17) is 0 Å². The molecule has 1 nitrogen and oxygen atoms in total. The number of benzene rings is 2. The summed E-state index contributed by atoms with van der Waals surface area (Å²) in [7, 11) is 0. The van der Waals surface area contributed by atoms with Crippen LogP contribution in [-0.4, -0.2) is 5.78 Å². The van der Waals surface area contributed by atoms with Crippen LogP contribution in [0.4, 0.5) is 0 Å². The Bertz CT molecular complexity index is 748. The number of hydrogen-bond acceptors (Lipinski definition) is 2. The first-order valence-electron chi connectivity index (χ1n) is 6.25. The molecular weight excluding hydrogens is 252 g/mol. The van der Waals surface area contributed by atoms with Crippen LogP contribution in [0.2, 0.25) is 0 Å². The van der Waals surface area contributed by atoms with Crippen LogP contribution in [0, 0.1) is 13.8 Å². The molecule has 0 bridgehead atoms. The monoisotopic (exact) mass is 266 g/mol. The number of fused-ring (bicyclic) bond motifs is 1. The van der Waals surface area contributed by atoms with Crippen LogP contribution in [-0.2, 0) is 0 Å². The summed E-state index contributed by atoms with van der Waals surface area (Å²) in [6.45, 7) is 3.99. The van der Waals surface area contributed by atoms with E-state index in [2.05, 4.69) is 6.07 Å². The number of carbonyl (C=O) groups excluding carboxylic acids is 1. The highest BCUT2D eigenvalue weighted by Gasteiger charge is 2.17. The predicted molar refractivity (Wildman–Crippen MR) is 81.2 cm³/mol. The summed E-state index contributed by atoms with van der Waals surface area (Å²) >= 11 is 1.63. The van der Waals surface area contributed by atoms with Gasteiger partial charge in [-0.15, -0.1) is 11.3 Å². The first-order valence-corrected chi connectivity index (χ1v) is 7.13. The van der Waals surface area contributed by atoms with Crippen LogP contribution in [0.25, 0.3) is 10.1 Å². The van der Waals surface area contributed by atoms with E-state index in [-0.39, 0.29) is 5.78 Å². The number of hydrogen-bond donors (Lipinski definition) is 0. The number of carbonyl (C=O) groups is 1. The number of aryl methyl sites for hydroxylation is 2. The molecule has 2 heteroatoms. The highest BCUT2D eigenvalue weighted by Crippen LogP contribution is 2.29. The van der Waals surface area contributed by atoms with E-state index in [1.54, 1.807) is 11.3 Å². The van der Waals surface area contributed by atoms with E-state index in [0.29, 0.717) is 0 Å². The first kappa shape index (κ1) is 12.1. The zero-order valence-electron chi connectivity index (χ0n) is 10.9. The highest BCUT2D eigenvalue weighted by molar-refractivity contribution is 7.17. The zero-order valence-corrected chi connectivity index (χ0v) is 11.8. The van der Waals surface area contributed by atoms with Crippen molar-refractivity contribution in [3.8, 4) is 0 Å². The third-order valence-corrected chi connectivity index (χ3v) is 4.40. The smallest absolute Gasteiger partial charge is 0.195 e. The third-order valence-electron chi connectivity index (χ3n) is 3.43. The Morgan fingerprint density at radius 3 is 2.37 bits per heavy atom. The van der Waals surface area contributed by atoms with Crippen molar-refractivity contribution in [3.63, 3.8) is 0 Å². The van der Waals surface area contributed by atoms with Gasteiger partial charge in [0, 0.05) is 26.6 Å². The molecule has 0 amide bonds. The molecule has 1 aromatic heterocycles. The van der Waals surface area contributed by atoms with Gasteiger partial charge in [-0.3, -0.25) is 4.79 Å². The number of rotatable bonds is 2. The standard InChI is InChI=1S/C17H14OS/c1-11-6-5-7-12(2)16(11)17(18)14-10-19-15-9-4-3-8-13(14)15/h3-10H,1-2H3. The zero-order chi connectivity index (χ0) is 13.4. The van der Waals surface area contributed by atoms with Crippen molar-refractivity contribution in [2.24, 2.45) is 0 Å². The van der Waals surface area contributed by atoms with Crippen LogP contribution >= 0.6 is 11.3 Å². The van der Waals surface area contributed by atoms with Gasteiger partial charge in [0.2, 0.25) is 0 Å². The van der Waals surface area contributed by atoms with Crippen molar-refractivity contribution in [2.45, 2.75) is 13.8 Å². The highest BCUT2D eigenvalue weighted by atomic mass is 32.1. The van der Waals surface area contributed by atoms with Gasteiger partial charge < -0.3 is 0 Å². The minimum absolute atomic E-state index is 0.132. The average Bonchev–Trinajstić information content (AvgIpc) is 2.82. The fraction of sp³-hybridized carbons (Fsp3) is 0.118. The maximum absolute atomic E-state index is 12.8. The molecule has 2 aromatic carbocycles. The second-order valence-electron chi connectivity index (χ2n) is 4.74. The minimum atomic E-state index is 0.132. The van der Waals surface area contributed by atoms with Crippen LogP contribution in [0.3, 0.4) is 0 Å². The van der Waals surface area contributed by atoms with Gasteiger partial charge in [-0.2, -0.15) is 0 Å². The third kappa shape index (κ3) is 1.98. The molecule has 19 heavy (non-hydrogen) atoms. The SMILES string of the molecule is Cc1cccc(C)c1C(=O)c1csc2ccccc12. The lowest BCUT2D eigenvalue weighted by Crippen LogP contribution is -2.05. The molecule has 1 heterocycles. The van der Waals surface area contributed by atoms with E-state index >= 15 is 0 Å². The van der Waals surface area contributed by atoms with Gasteiger partial charge in [0.25, 0.3) is 0 Å². The molecule has 94 valence electrons. The molecule has 0 aliphatic carbocycles. The summed E-state index contributed by atoms with van der Waals surface area (Å²) in [6.07, 6.45) is 0. The molecule has 0 radical (unpaired) electrons. The summed E-state index contributed by atoms with van der Waals surface area (Å²) in [5.74, 6) is 0.132. The van der Waals surface area contributed by atoms with Gasteiger partial charge in [0.1, 0.15) is 0 Å². The molecule has 0 aliphatic rings. The number of thiophene rings is 1. The number of ketones is 1. The molecule has 0 fully saturated rings. The van der Waals surface area contributed by atoms with Crippen LogP contribution < -0.4 is 0 Å². The molecule has 0 aliphatic heterocycles. The van der Waals surface area contributed by atoms with Crippen molar-refractivity contribution < 1.29 is 4.79 Å². The second kappa shape index (κ2) is 4.63. The molecule has 0 saturated heterocycles. The normalized spacial score (nSPS) is 10.8. The van der Waals surface area contributed by atoms with Gasteiger partial charge in [0.05, 0.1) is 0 Å². The Morgan fingerprint density at radius 2 is 1.63 bits per heavy atom. The minimum Gasteiger partial charge on any atom is -0.289 e. The molecule has 0 atom stereocenters. The summed E-state index contributed by atoms with van der Waals surface area (Å²) < 4.78 is 1.16. The summed E-state index contributed by atoms with van der Waals surface area (Å²) in [5, 5.41) is 3.03. The molecule has 3 aromatic rings. The molecule has 3 rings (SSSR count). The quantitative estimate of drug-likeness (QED) is 0.612. The van der Waals surface area contributed by atoms with Gasteiger partial charge in [-0.05, 0) is 31.0 Å². The largest absolute Gasteiger partial charge is 0.289 e. The van der Waals surface area contributed by atoms with E-state index in [1.165, 1.54) is 0 Å². The molecular formula is C17H14OS. The average molecular weight is 266 g/mol. The van der Waals surface area contributed by atoms with Crippen LogP contribution in [0.15, 0.2) is 47.8 Å². The maximum Gasteiger partial charge on any atom is 0.195 e. The van der Waals surface area contributed by atoms with Gasteiger partial charge in [-0.25, -0.2) is 0 Å². The van der Waals surface area contributed by atoms with Crippen molar-refractivity contribution in [2.75, 3.05) is 0 Å². The van der Waals surface area contributed by atoms with E-state index < -0.39 is 0 Å². The van der Waals surface area contributed by atoms with Crippen LogP contribution in [0.1, 0.15) is 27.0 Å². The lowest BCUT2D eigenvalue weighted by Gasteiger charge is -2.07. The molecule has 0 N–H and O–H groups in total. The Labute approximate surface area is 116 Å². The fourth-order valence-electron chi connectivity index (χ4n) is 2.46. The van der Waals surface area contributed by atoms with Gasteiger partial charge in [-0.1, -0.05) is 36.4 Å². The summed E-state index contributed by atoms with van der Waals surface area (Å²) in [6, 6.07) is 14.0. The summed E-state index contributed by atoms with van der Waals surface area (Å²) in [4.78, 5) is 12.8.